The van der Waals surface area contributed by atoms with E-state index in [1.54, 1.807) is 0 Å². The Morgan fingerprint density at radius 3 is 2.55 bits per heavy atom. The minimum Gasteiger partial charge on any atom is -0.370 e. The highest BCUT2D eigenvalue weighted by atomic mass is 15.3. The molecule has 0 amide bonds. The Morgan fingerprint density at radius 1 is 1.20 bits per heavy atom. The van der Waals surface area contributed by atoms with Crippen molar-refractivity contribution in [3.63, 3.8) is 0 Å². The van der Waals surface area contributed by atoms with Crippen LogP contribution in [0.15, 0.2) is 30.3 Å². The zero-order valence-corrected chi connectivity index (χ0v) is 12.8. The summed E-state index contributed by atoms with van der Waals surface area (Å²) in [6.07, 6.45) is 0. The molecule has 1 N–H and O–H groups in total. The SMILES string of the molecule is Cc1ccc(C2CNc3cc(C(C)(C)C)nn3C2)cc1. The lowest BCUT2D eigenvalue weighted by Crippen LogP contribution is -2.26. The molecule has 2 heterocycles. The second kappa shape index (κ2) is 4.65. The van der Waals surface area contributed by atoms with Crippen molar-refractivity contribution < 1.29 is 0 Å². The number of anilines is 1. The summed E-state index contributed by atoms with van der Waals surface area (Å²) in [4.78, 5) is 0. The van der Waals surface area contributed by atoms with E-state index in [0.717, 1.165) is 24.6 Å². The highest BCUT2D eigenvalue weighted by molar-refractivity contribution is 5.42. The van der Waals surface area contributed by atoms with E-state index in [0.29, 0.717) is 5.92 Å². The fraction of sp³-hybridized carbons (Fsp3) is 0.471. The molecule has 20 heavy (non-hydrogen) atoms. The van der Waals surface area contributed by atoms with Crippen molar-refractivity contribution in [3.05, 3.63) is 47.2 Å². The summed E-state index contributed by atoms with van der Waals surface area (Å²) in [7, 11) is 0. The molecule has 1 aromatic heterocycles. The number of nitrogens with one attached hydrogen (secondary N) is 1. The van der Waals surface area contributed by atoms with Gasteiger partial charge in [-0.05, 0) is 12.5 Å². The monoisotopic (exact) mass is 269 g/mol. The van der Waals surface area contributed by atoms with Crippen LogP contribution in [0.1, 0.15) is 43.5 Å². The van der Waals surface area contributed by atoms with E-state index in [1.807, 2.05) is 0 Å². The lowest BCUT2D eigenvalue weighted by Gasteiger charge is -2.25. The highest BCUT2D eigenvalue weighted by Crippen LogP contribution is 2.29. The van der Waals surface area contributed by atoms with E-state index in [-0.39, 0.29) is 5.41 Å². The molecule has 0 aliphatic carbocycles. The van der Waals surface area contributed by atoms with Gasteiger partial charge >= 0.3 is 0 Å². The summed E-state index contributed by atoms with van der Waals surface area (Å²) < 4.78 is 2.12. The first-order chi connectivity index (χ1) is 9.43. The Labute approximate surface area is 121 Å². The average molecular weight is 269 g/mol. The molecular formula is C17H23N3. The van der Waals surface area contributed by atoms with Crippen LogP contribution >= 0.6 is 0 Å². The second-order valence-corrected chi connectivity index (χ2v) is 6.84. The van der Waals surface area contributed by atoms with Gasteiger partial charge in [0, 0.05) is 23.9 Å². The van der Waals surface area contributed by atoms with E-state index in [9.17, 15) is 0 Å². The lowest BCUT2D eigenvalue weighted by atomic mass is 9.92. The molecule has 0 saturated carbocycles. The molecule has 2 aromatic rings. The third-order valence-corrected chi connectivity index (χ3v) is 4.02. The maximum atomic E-state index is 4.77. The predicted octanol–water partition coefficient (Wildman–Crippen LogP) is 3.70. The number of hydrogen-bond donors (Lipinski definition) is 1. The molecule has 1 unspecified atom stereocenters. The normalized spacial score (nSPS) is 18.5. The first kappa shape index (κ1) is 13.2. The Morgan fingerprint density at radius 2 is 1.90 bits per heavy atom. The minimum atomic E-state index is 0.103. The summed E-state index contributed by atoms with van der Waals surface area (Å²) >= 11 is 0. The highest BCUT2D eigenvalue weighted by Gasteiger charge is 2.25. The van der Waals surface area contributed by atoms with E-state index in [1.165, 1.54) is 11.1 Å². The smallest absolute Gasteiger partial charge is 0.124 e. The van der Waals surface area contributed by atoms with Crippen LogP contribution in [-0.2, 0) is 12.0 Å². The van der Waals surface area contributed by atoms with Crippen LogP contribution in [0.3, 0.4) is 0 Å². The zero-order valence-electron chi connectivity index (χ0n) is 12.8. The second-order valence-electron chi connectivity index (χ2n) is 6.84. The van der Waals surface area contributed by atoms with E-state index < -0.39 is 0 Å². The number of rotatable bonds is 1. The molecule has 1 aliphatic heterocycles. The van der Waals surface area contributed by atoms with Gasteiger partial charge in [0.25, 0.3) is 0 Å². The van der Waals surface area contributed by atoms with Crippen LogP contribution in [0, 0.1) is 6.92 Å². The summed E-state index contributed by atoms with van der Waals surface area (Å²) in [5.41, 5.74) is 3.96. The number of fused-ring (bicyclic) bond motifs is 1. The molecule has 1 atom stereocenters. The Hall–Kier alpha value is -1.77. The Balaban J connectivity index is 1.85. The summed E-state index contributed by atoms with van der Waals surface area (Å²) in [5.74, 6) is 1.65. The zero-order chi connectivity index (χ0) is 14.3. The maximum absolute atomic E-state index is 4.77. The predicted molar refractivity (Wildman–Crippen MR) is 83.3 cm³/mol. The summed E-state index contributed by atoms with van der Waals surface area (Å²) in [6.45, 7) is 10.7. The van der Waals surface area contributed by atoms with Gasteiger partial charge in [-0.3, -0.25) is 0 Å². The van der Waals surface area contributed by atoms with Gasteiger partial charge in [0.1, 0.15) is 5.82 Å². The van der Waals surface area contributed by atoms with Gasteiger partial charge < -0.3 is 5.32 Å². The van der Waals surface area contributed by atoms with Gasteiger partial charge in [0.05, 0.1) is 12.2 Å². The number of aryl methyl sites for hydroxylation is 1. The third kappa shape index (κ3) is 2.45. The van der Waals surface area contributed by atoms with E-state index in [2.05, 4.69) is 68.0 Å². The molecule has 3 heteroatoms. The first-order valence-corrected chi connectivity index (χ1v) is 7.32. The van der Waals surface area contributed by atoms with Crippen molar-refractivity contribution >= 4 is 5.82 Å². The largest absolute Gasteiger partial charge is 0.370 e. The molecule has 0 radical (unpaired) electrons. The molecule has 0 bridgehead atoms. The Bertz CT molecular complexity index is 602. The molecule has 0 spiro atoms. The third-order valence-electron chi connectivity index (χ3n) is 4.02. The number of hydrogen-bond acceptors (Lipinski definition) is 2. The number of aromatic nitrogens is 2. The van der Waals surface area contributed by atoms with E-state index >= 15 is 0 Å². The summed E-state index contributed by atoms with van der Waals surface area (Å²) in [6, 6.07) is 11.0. The van der Waals surface area contributed by atoms with Gasteiger partial charge in [-0.2, -0.15) is 5.10 Å². The van der Waals surface area contributed by atoms with E-state index in [4.69, 9.17) is 5.10 Å². The summed E-state index contributed by atoms with van der Waals surface area (Å²) in [5, 5.41) is 8.29. The molecule has 3 nitrogen and oxygen atoms in total. The van der Waals surface area contributed by atoms with Crippen LogP contribution in [0.2, 0.25) is 0 Å². The fourth-order valence-corrected chi connectivity index (χ4v) is 2.63. The van der Waals surface area contributed by atoms with Crippen molar-refractivity contribution in [2.24, 2.45) is 0 Å². The van der Waals surface area contributed by atoms with Gasteiger partial charge in [-0.15, -0.1) is 0 Å². The van der Waals surface area contributed by atoms with Crippen molar-refractivity contribution in [2.75, 3.05) is 11.9 Å². The van der Waals surface area contributed by atoms with Gasteiger partial charge in [0.2, 0.25) is 0 Å². The van der Waals surface area contributed by atoms with Crippen molar-refractivity contribution in [1.82, 2.24) is 9.78 Å². The van der Waals surface area contributed by atoms with Gasteiger partial charge in [-0.25, -0.2) is 4.68 Å². The fourth-order valence-electron chi connectivity index (χ4n) is 2.63. The van der Waals surface area contributed by atoms with Crippen molar-refractivity contribution in [1.29, 1.82) is 0 Å². The van der Waals surface area contributed by atoms with Gasteiger partial charge in [-0.1, -0.05) is 50.6 Å². The standard InChI is InChI=1S/C17H23N3/c1-12-5-7-13(8-6-12)14-10-18-16-9-15(17(2,3)4)19-20(16)11-14/h5-9,14,18H,10-11H2,1-4H3. The van der Waals surface area contributed by atoms with Gasteiger partial charge in [0.15, 0.2) is 0 Å². The average Bonchev–Trinajstić information content (AvgIpc) is 2.82. The van der Waals surface area contributed by atoms with Crippen LogP contribution < -0.4 is 5.32 Å². The first-order valence-electron chi connectivity index (χ1n) is 7.32. The topological polar surface area (TPSA) is 29.9 Å². The molecule has 1 aromatic carbocycles. The molecule has 0 saturated heterocycles. The Kier molecular flexibility index (Phi) is 3.08. The van der Waals surface area contributed by atoms with Crippen molar-refractivity contribution in [3.8, 4) is 0 Å². The number of nitrogens with zero attached hydrogens (tertiary/aromatic N) is 2. The maximum Gasteiger partial charge on any atom is 0.124 e. The molecule has 1 aliphatic rings. The molecule has 3 rings (SSSR count). The van der Waals surface area contributed by atoms with Crippen LogP contribution in [-0.4, -0.2) is 16.3 Å². The quantitative estimate of drug-likeness (QED) is 0.855. The molecule has 106 valence electrons. The van der Waals surface area contributed by atoms with Crippen molar-refractivity contribution in [2.45, 2.75) is 45.6 Å². The molecule has 0 fully saturated rings. The lowest BCUT2D eigenvalue weighted by molar-refractivity contribution is 0.483. The van der Waals surface area contributed by atoms with Crippen LogP contribution in [0.5, 0.6) is 0 Å². The van der Waals surface area contributed by atoms with Crippen LogP contribution in [0.4, 0.5) is 5.82 Å². The minimum absolute atomic E-state index is 0.103. The van der Waals surface area contributed by atoms with Crippen LogP contribution in [0.25, 0.3) is 0 Å². The molecular weight excluding hydrogens is 246 g/mol. The number of benzene rings is 1.